The Bertz CT molecular complexity index is 802. The summed E-state index contributed by atoms with van der Waals surface area (Å²) in [6.07, 6.45) is 0. The van der Waals surface area contributed by atoms with Crippen molar-refractivity contribution in [2.45, 2.75) is 13.8 Å². The van der Waals surface area contributed by atoms with Crippen LogP contribution < -0.4 is 5.32 Å². The van der Waals surface area contributed by atoms with E-state index in [1.54, 1.807) is 32.0 Å². The number of benzene rings is 1. The number of carbonyl (C=O) groups is 3. The number of anilines is 1. The molecule has 0 aliphatic rings. The number of amides is 1. The first kappa shape index (κ1) is 19.0. The fourth-order valence-electron chi connectivity index (χ4n) is 2.02. The van der Waals surface area contributed by atoms with E-state index in [2.05, 4.69) is 5.32 Å². The Morgan fingerprint density at radius 1 is 1.12 bits per heavy atom. The van der Waals surface area contributed by atoms with Gasteiger partial charge in [-0.15, -0.1) is 11.3 Å². The molecule has 25 heavy (non-hydrogen) atoms. The van der Waals surface area contributed by atoms with Crippen molar-refractivity contribution in [1.29, 1.82) is 0 Å². The summed E-state index contributed by atoms with van der Waals surface area (Å²) in [7, 11) is 0. The van der Waals surface area contributed by atoms with Gasteiger partial charge in [-0.25, -0.2) is 9.59 Å². The van der Waals surface area contributed by atoms with Crippen LogP contribution in [0.2, 0.25) is 5.02 Å². The zero-order chi connectivity index (χ0) is 18.4. The molecular formula is C17H16ClNO5S. The normalized spacial score (nSPS) is 10.2. The molecule has 0 aliphatic heterocycles. The Hall–Kier alpha value is -2.38. The van der Waals surface area contributed by atoms with E-state index in [9.17, 15) is 14.4 Å². The Kier molecular flexibility index (Phi) is 6.55. The van der Waals surface area contributed by atoms with E-state index in [4.69, 9.17) is 21.1 Å². The molecule has 0 bridgehead atoms. The Morgan fingerprint density at radius 3 is 2.44 bits per heavy atom. The van der Waals surface area contributed by atoms with Gasteiger partial charge in [0, 0.05) is 16.0 Å². The quantitative estimate of drug-likeness (QED) is 0.764. The van der Waals surface area contributed by atoms with Crippen LogP contribution in [0.25, 0.3) is 0 Å². The minimum absolute atomic E-state index is 0.0133. The number of hydrogen-bond donors (Lipinski definition) is 1. The predicted octanol–water partition coefficient (Wildman–Crippen LogP) is 4.01. The van der Waals surface area contributed by atoms with E-state index in [1.807, 2.05) is 0 Å². The van der Waals surface area contributed by atoms with Crippen LogP contribution in [0.3, 0.4) is 0 Å². The van der Waals surface area contributed by atoms with Crippen molar-refractivity contribution in [3.05, 3.63) is 51.4 Å². The van der Waals surface area contributed by atoms with E-state index >= 15 is 0 Å². The zero-order valence-corrected chi connectivity index (χ0v) is 15.2. The van der Waals surface area contributed by atoms with Crippen LogP contribution in [0.1, 0.15) is 44.9 Å². The second-order valence-corrected chi connectivity index (χ2v) is 6.08. The summed E-state index contributed by atoms with van der Waals surface area (Å²) in [6.45, 7) is 3.62. The molecule has 2 rings (SSSR count). The van der Waals surface area contributed by atoms with Crippen molar-refractivity contribution in [3.8, 4) is 0 Å². The van der Waals surface area contributed by atoms with Gasteiger partial charge in [-0.2, -0.15) is 0 Å². The Labute approximate surface area is 153 Å². The molecule has 8 heteroatoms. The fourth-order valence-corrected chi connectivity index (χ4v) is 3.12. The summed E-state index contributed by atoms with van der Waals surface area (Å²) in [5.74, 6) is -1.80. The van der Waals surface area contributed by atoms with Gasteiger partial charge in [0.05, 0.1) is 18.8 Å². The standard InChI is InChI=1S/C17H16ClNO5S/c1-3-23-16(21)12-9-25-15(13(12)17(22)24-4-2)19-14(20)10-6-5-7-11(18)8-10/h5-9H,3-4H2,1-2H3,(H,19,20). The third-order valence-electron chi connectivity index (χ3n) is 3.08. The summed E-state index contributed by atoms with van der Waals surface area (Å²) in [5.41, 5.74) is 0.376. The summed E-state index contributed by atoms with van der Waals surface area (Å²) in [6, 6.07) is 6.38. The number of hydrogen-bond acceptors (Lipinski definition) is 6. The number of nitrogens with one attached hydrogen (secondary N) is 1. The molecule has 1 N–H and O–H groups in total. The van der Waals surface area contributed by atoms with E-state index in [0.29, 0.717) is 10.6 Å². The van der Waals surface area contributed by atoms with Crippen LogP contribution in [0.5, 0.6) is 0 Å². The molecule has 2 aromatic rings. The fraction of sp³-hybridized carbons (Fsp3) is 0.235. The molecule has 0 saturated carbocycles. The average molecular weight is 382 g/mol. The topological polar surface area (TPSA) is 81.7 Å². The molecule has 0 saturated heterocycles. The molecule has 132 valence electrons. The Balaban J connectivity index is 2.35. The minimum atomic E-state index is -0.701. The lowest BCUT2D eigenvalue weighted by atomic mass is 10.1. The molecule has 1 amide bonds. The van der Waals surface area contributed by atoms with E-state index in [-0.39, 0.29) is 29.3 Å². The summed E-state index contributed by atoms with van der Waals surface area (Å²) >= 11 is 6.93. The highest BCUT2D eigenvalue weighted by Crippen LogP contribution is 2.30. The highest BCUT2D eigenvalue weighted by atomic mass is 35.5. The van der Waals surface area contributed by atoms with Crippen molar-refractivity contribution >= 4 is 45.8 Å². The molecule has 1 aromatic heterocycles. The highest BCUT2D eigenvalue weighted by molar-refractivity contribution is 7.15. The SMILES string of the molecule is CCOC(=O)c1csc(NC(=O)c2cccc(Cl)c2)c1C(=O)OCC. The van der Waals surface area contributed by atoms with Gasteiger partial charge in [0.1, 0.15) is 10.6 Å². The van der Waals surface area contributed by atoms with Crippen molar-refractivity contribution in [1.82, 2.24) is 0 Å². The van der Waals surface area contributed by atoms with Crippen LogP contribution in [0.15, 0.2) is 29.6 Å². The van der Waals surface area contributed by atoms with Crippen molar-refractivity contribution < 1.29 is 23.9 Å². The summed E-state index contributed by atoms with van der Waals surface area (Å²) in [4.78, 5) is 36.6. The van der Waals surface area contributed by atoms with Crippen LogP contribution in [0, 0.1) is 0 Å². The first-order valence-corrected chi connectivity index (χ1v) is 8.76. The average Bonchev–Trinajstić information content (AvgIpc) is 2.99. The molecule has 6 nitrogen and oxygen atoms in total. The largest absolute Gasteiger partial charge is 0.462 e. The van der Waals surface area contributed by atoms with Gasteiger partial charge < -0.3 is 14.8 Å². The zero-order valence-electron chi connectivity index (χ0n) is 13.6. The van der Waals surface area contributed by atoms with Crippen LogP contribution in [-0.2, 0) is 9.47 Å². The maximum absolute atomic E-state index is 12.4. The minimum Gasteiger partial charge on any atom is -0.462 e. The van der Waals surface area contributed by atoms with Crippen molar-refractivity contribution in [3.63, 3.8) is 0 Å². The van der Waals surface area contributed by atoms with E-state index in [0.717, 1.165) is 11.3 Å². The van der Waals surface area contributed by atoms with Gasteiger partial charge >= 0.3 is 11.9 Å². The number of ether oxygens (including phenoxy) is 2. The molecule has 0 spiro atoms. The monoisotopic (exact) mass is 381 g/mol. The lowest BCUT2D eigenvalue weighted by molar-refractivity contribution is 0.0481. The maximum atomic E-state index is 12.4. The van der Waals surface area contributed by atoms with Gasteiger partial charge in [0.15, 0.2) is 0 Å². The number of carbonyl (C=O) groups excluding carboxylic acids is 3. The van der Waals surface area contributed by atoms with Gasteiger partial charge in [0.25, 0.3) is 5.91 Å². The number of thiophene rings is 1. The van der Waals surface area contributed by atoms with Crippen molar-refractivity contribution in [2.75, 3.05) is 18.5 Å². The first-order valence-electron chi connectivity index (χ1n) is 7.50. The number of rotatable bonds is 6. The molecule has 0 aliphatic carbocycles. The molecule has 0 atom stereocenters. The van der Waals surface area contributed by atoms with Gasteiger partial charge in [0.2, 0.25) is 0 Å². The lowest BCUT2D eigenvalue weighted by Gasteiger charge is -2.08. The maximum Gasteiger partial charge on any atom is 0.342 e. The summed E-state index contributed by atoms with van der Waals surface area (Å²) in [5, 5.41) is 4.71. The summed E-state index contributed by atoms with van der Waals surface area (Å²) < 4.78 is 9.94. The first-order chi connectivity index (χ1) is 12.0. The smallest absolute Gasteiger partial charge is 0.342 e. The third-order valence-corrected chi connectivity index (χ3v) is 4.21. The van der Waals surface area contributed by atoms with E-state index < -0.39 is 17.8 Å². The number of esters is 2. The Morgan fingerprint density at radius 2 is 1.80 bits per heavy atom. The molecule has 1 heterocycles. The van der Waals surface area contributed by atoms with Gasteiger partial charge in [-0.05, 0) is 32.0 Å². The van der Waals surface area contributed by atoms with Crippen LogP contribution in [0.4, 0.5) is 5.00 Å². The third kappa shape index (κ3) is 4.58. The van der Waals surface area contributed by atoms with Gasteiger partial charge in [-0.3, -0.25) is 4.79 Å². The van der Waals surface area contributed by atoms with E-state index in [1.165, 1.54) is 11.4 Å². The second-order valence-electron chi connectivity index (χ2n) is 4.76. The van der Waals surface area contributed by atoms with Crippen LogP contribution in [-0.4, -0.2) is 31.1 Å². The predicted molar refractivity (Wildman–Crippen MR) is 95.6 cm³/mol. The van der Waals surface area contributed by atoms with Crippen molar-refractivity contribution in [2.24, 2.45) is 0 Å². The van der Waals surface area contributed by atoms with Crippen LogP contribution >= 0.6 is 22.9 Å². The second kappa shape index (κ2) is 8.64. The molecule has 1 aromatic carbocycles. The number of halogens is 1. The lowest BCUT2D eigenvalue weighted by Crippen LogP contribution is -2.17. The molecule has 0 fully saturated rings. The molecule has 0 unspecified atom stereocenters. The molecule has 0 radical (unpaired) electrons. The van der Waals surface area contributed by atoms with Gasteiger partial charge in [-0.1, -0.05) is 17.7 Å². The highest BCUT2D eigenvalue weighted by Gasteiger charge is 2.26. The molecular weight excluding hydrogens is 366 g/mol.